The molecule has 2 aromatic carbocycles. The van der Waals surface area contributed by atoms with Gasteiger partial charge in [0.05, 0.1) is 16.7 Å². The molecule has 0 N–H and O–H groups in total. The lowest BCUT2D eigenvalue weighted by atomic mass is 9.91. The molecule has 1 atom stereocenters. The summed E-state index contributed by atoms with van der Waals surface area (Å²) in [7, 11) is 0. The first-order valence-electron chi connectivity index (χ1n) is 12.6. The van der Waals surface area contributed by atoms with Gasteiger partial charge in [0, 0.05) is 27.2 Å². The van der Waals surface area contributed by atoms with E-state index in [4.69, 9.17) is 23.4 Å². The van der Waals surface area contributed by atoms with Crippen LogP contribution in [0.4, 0.5) is 0 Å². The molecule has 0 radical (unpaired) electrons. The number of ether oxygens (including phenoxy) is 4. The van der Waals surface area contributed by atoms with Gasteiger partial charge in [-0.3, -0.25) is 19.2 Å². The molecule has 1 aromatic heterocycles. The third-order valence-corrected chi connectivity index (χ3v) is 6.05. The fourth-order valence-electron chi connectivity index (χ4n) is 4.53. The number of benzene rings is 2. The molecule has 9 nitrogen and oxygen atoms in total. The highest BCUT2D eigenvalue weighted by Crippen LogP contribution is 2.49. The number of hydrogen-bond donors (Lipinski definition) is 0. The molecule has 40 heavy (non-hydrogen) atoms. The Bertz CT molecular complexity index is 1610. The van der Waals surface area contributed by atoms with Crippen LogP contribution in [0.5, 0.6) is 17.2 Å². The van der Waals surface area contributed by atoms with Crippen LogP contribution in [0, 0.1) is 0 Å². The van der Waals surface area contributed by atoms with E-state index in [-0.39, 0.29) is 34.5 Å². The summed E-state index contributed by atoms with van der Waals surface area (Å²) >= 11 is 0. The highest BCUT2D eigenvalue weighted by Gasteiger charge is 2.36. The average molecular weight is 547 g/mol. The van der Waals surface area contributed by atoms with Crippen LogP contribution in [-0.4, -0.2) is 23.5 Å². The van der Waals surface area contributed by atoms with Crippen LogP contribution in [0.15, 0.2) is 58.0 Å². The molecule has 208 valence electrons. The molecule has 9 heteroatoms. The van der Waals surface area contributed by atoms with Crippen LogP contribution in [-0.2, 0) is 19.1 Å². The average Bonchev–Trinajstić information content (AvgIpc) is 2.82. The summed E-state index contributed by atoms with van der Waals surface area (Å²) < 4.78 is 28.8. The molecule has 4 rings (SSSR count). The van der Waals surface area contributed by atoms with Gasteiger partial charge in [0.25, 0.3) is 0 Å². The van der Waals surface area contributed by atoms with Gasteiger partial charge in [-0.15, -0.1) is 0 Å². The molecule has 0 saturated carbocycles. The summed E-state index contributed by atoms with van der Waals surface area (Å²) in [6.45, 7) is 13.2. The van der Waals surface area contributed by atoms with E-state index in [9.17, 15) is 19.2 Å². The summed E-state index contributed by atoms with van der Waals surface area (Å²) in [6, 6.07) is 6.31. The van der Waals surface area contributed by atoms with Gasteiger partial charge in [-0.2, -0.15) is 0 Å². The van der Waals surface area contributed by atoms with Crippen molar-refractivity contribution in [3.8, 4) is 28.4 Å². The number of fused-ring (bicyclic) bond motifs is 2. The minimum absolute atomic E-state index is 0.0164. The minimum Gasteiger partial charge on any atom is -0.482 e. The van der Waals surface area contributed by atoms with Crippen molar-refractivity contribution in [2.45, 2.75) is 59.7 Å². The van der Waals surface area contributed by atoms with Gasteiger partial charge in [-0.1, -0.05) is 24.3 Å². The zero-order valence-electron chi connectivity index (χ0n) is 23.2. The fraction of sp³-hybridized carbons (Fsp3) is 0.290. The zero-order chi connectivity index (χ0) is 29.4. The maximum absolute atomic E-state index is 14.1. The Balaban J connectivity index is 2.09. The van der Waals surface area contributed by atoms with Crippen LogP contribution >= 0.6 is 0 Å². The zero-order valence-corrected chi connectivity index (χ0v) is 23.2. The van der Waals surface area contributed by atoms with E-state index >= 15 is 0 Å². The van der Waals surface area contributed by atoms with E-state index in [1.165, 1.54) is 27.0 Å². The van der Waals surface area contributed by atoms with E-state index < -0.39 is 35.0 Å². The minimum atomic E-state index is -0.906. The molecule has 2 heterocycles. The Hall–Kier alpha value is -4.66. The van der Waals surface area contributed by atoms with Crippen molar-refractivity contribution in [1.29, 1.82) is 0 Å². The van der Waals surface area contributed by atoms with Crippen molar-refractivity contribution >= 4 is 35.0 Å². The Kier molecular flexibility index (Phi) is 7.68. The quantitative estimate of drug-likeness (QED) is 0.198. The van der Waals surface area contributed by atoms with Gasteiger partial charge >= 0.3 is 17.9 Å². The first-order chi connectivity index (χ1) is 18.8. The van der Waals surface area contributed by atoms with Gasteiger partial charge in [-0.25, -0.2) is 0 Å². The number of hydrogen-bond acceptors (Lipinski definition) is 9. The Morgan fingerprint density at radius 2 is 1.62 bits per heavy atom. The first kappa shape index (κ1) is 28.4. The van der Waals surface area contributed by atoms with E-state index in [1.807, 2.05) is 13.8 Å². The molecule has 0 aliphatic carbocycles. The van der Waals surface area contributed by atoms with Gasteiger partial charge in [-0.05, 0) is 50.6 Å². The molecule has 3 aromatic rings. The molecule has 1 aliphatic heterocycles. The summed E-state index contributed by atoms with van der Waals surface area (Å²) in [5.74, 6) is -1.12. The lowest BCUT2D eigenvalue weighted by molar-refractivity contribution is -0.146. The standard InChI is InChI=1S/C31H30O9/c1-16(2)14-24(38-18(4)33)25-29-22(12-13-31(6,7)40-29)28(39-19(5)34)26-27(35)23(15-36-30(25)26)20-8-10-21(11-9-20)37-17(3)32/h8-13,15,24H,1,14H2,2-7H3. The van der Waals surface area contributed by atoms with Crippen molar-refractivity contribution in [3.05, 3.63) is 70.1 Å². The summed E-state index contributed by atoms with van der Waals surface area (Å²) in [5, 5.41) is -0.0164. The number of esters is 3. The van der Waals surface area contributed by atoms with Crippen LogP contribution in [0.1, 0.15) is 65.2 Å². The van der Waals surface area contributed by atoms with E-state index in [0.29, 0.717) is 22.4 Å². The first-order valence-corrected chi connectivity index (χ1v) is 12.6. The molecule has 1 unspecified atom stereocenters. The molecular formula is C31H30O9. The fourth-order valence-corrected chi connectivity index (χ4v) is 4.53. The highest BCUT2D eigenvalue weighted by molar-refractivity contribution is 5.98. The van der Waals surface area contributed by atoms with Gasteiger partial charge < -0.3 is 23.4 Å². The lowest BCUT2D eigenvalue weighted by Gasteiger charge is -2.32. The summed E-state index contributed by atoms with van der Waals surface area (Å²) in [4.78, 5) is 49.8. The monoisotopic (exact) mass is 546 g/mol. The molecule has 1 aliphatic rings. The molecular weight excluding hydrogens is 516 g/mol. The molecule has 0 bridgehead atoms. The van der Waals surface area contributed by atoms with E-state index in [0.717, 1.165) is 5.57 Å². The summed E-state index contributed by atoms with van der Waals surface area (Å²) in [5.41, 5.74) is 0.829. The molecule has 0 spiro atoms. The maximum atomic E-state index is 14.1. The van der Waals surface area contributed by atoms with Gasteiger partial charge in [0.2, 0.25) is 5.43 Å². The maximum Gasteiger partial charge on any atom is 0.308 e. The smallest absolute Gasteiger partial charge is 0.308 e. The van der Waals surface area contributed by atoms with Gasteiger partial charge in [0.1, 0.15) is 34.9 Å². The van der Waals surface area contributed by atoms with Gasteiger partial charge in [0.15, 0.2) is 11.3 Å². The molecule has 0 amide bonds. The Morgan fingerprint density at radius 3 is 2.20 bits per heavy atom. The second-order valence-corrected chi connectivity index (χ2v) is 10.2. The van der Waals surface area contributed by atoms with Crippen molar-refractivity contribution < 1.29 is 37.7 Å². The summed E-state index contributed by atoms with van der Waals surface area (Å²) in [6.07, 6.45) is 4.10. The third kappa shape index (κ3) is 5.83. The number of carbonyl (C=O) groups is 3. The molecule has 0 fully saturated rings. The Labute approximate surface area is 231 Å². The van der Waals surface area contributed by atoms with Crippen LogP contribution in [0.3, 0.4) is 0 Å². The third-order valence-electron chi connectivity index (χ3n) is 6.05. The van der Waals surface area contributed by atoms with Crippen LogP contribution in [0.2, 0.25) is 0 Å². The SMILES string of the molecule is C=C(C)CC(OC(C)=O)c1c2c(c(OC(C)=O)c3c(=O)c(-c4ccc(OC(C)=O)cc4)coc13)C=CC(C)(C)O2. The topological polar surface area (TPSA) is 118 Å². The van der Waals surface area contributed by atoms with Crippen molar-refractivity contribution in [2.75, 3.05) is 0 Å². The van der Waals surface area contributed by atoms with Crippen molar-refractivity contribution in [2.24, 2.45) is 0 Å². The predicted molar refractivity (Wildman–Crippen MR) is 148 cm³/mol. The highest BCUT2D eigenvalue weighted by atomic mass is 16.6. The number of carbonyl (C=O) groups excluding carboxylic acids is 3. The lowest BCUT2D eigenvalue weighted by Crippen LogP contribution is -2.29. The van der Waals surface area contributed by atoms with E-state index in [1.54, 1.807) is 43.3 Å². The van der Waals surface area contributed by atoms with Crippen molar-refractivity contribution in [3.63, 3.8) is 0 Å². The second-order valence-electron chi connectivity index (χ2n) is 10.2. The largest absolute Gasteiger partial charge is 0.482 e. The second kappa shape index (κ2) is 10.8. The van der Waals surface area contributed by atoms with Crippen molar-refractivity contribution in [1.82, 2.24) is 0 Å². The van der Waals surface area contributed by atoms with E-state index in [2.05, 4.69) is 6.58 Å². The van der Waals surface area contributed by atoms with Crippen LogP contribution < -0.4 is 19.6 Å². The normalized spacial score (nSPS) is 14.1. The number of rotatable bonds is 7. The van der Waals surface area contributed by atoms with Crippen LogP contribution in [0.25, 0.3) is 28.2 Å². The Morgan fingerprint density at radius 1 is 0.975 bits per heavy atom. The molecule has 0 saturated heterocycles. The predicted octanol–water partition coefficient (Wildman–Crippen LogP) is 6.07.